The second-order valence-corrected chi connectivity index (χ2v) is 4.78. The molecule has 0 radical (unpaired) electrons. The summed E-state index contributed by atoms with van der Waals surface area (Å²) in [7, 11) is 1.65. The number of halogens is 1. The highest BCUT2D eigenvalue weighted by molar-refractivity contribution is 5.77. The van der Waals surface area contributed by atoms with Crippen LogP contribution in [-0.4, -0.2) is 28.9 Å². The average Bonchev–Trinajstić information content (AvgIpc) is 2.30. The molecule has 0 heterocycles. The van der Waals surface area contributed by atoms with Crippen LogP contribution in [0.15, 0.2) is 24.3 Å². The Morgan fingerprint density at radius 1 is 1.26 bits per heavy atom. The van der Waals surface area contributed by atoms with E-state index >= 15 is 0 Å². The fraction of sp³-hybridized carbons (Fsp3) is 0.429. The smallest absolute Gasteiger partial charge is 0.303 e. The highest BCUT2D eigenvalue weighted by Gasteiger charge is 2.15. The van der Waals surface area contributed by atoms with E-state index < -0.39 is 5.97 Å². The number of aliphatic carboxylic acids is 1. The van der Waals surface area contributed by atoms with Crippen LogP contribution in [0.25, 0.3) is 0 Å². The molecule has 1 aromatic rings. The predicted molar refractivity (Wildman–Crippen MR) is 68.9 cm³/mol. The highest BCUT2D eigenvalue weighted by atomic mass is 19.1. The van der Waals surface area contributed by atoms with E-state index in [0.29, 0.717) is 6.54 Å². The summed E-state index contributed by atoms with van der Waals surface area (Å²) in [4.78, 5) is 23.9. The van der Waals surface area contributed by atoms with Crippen LogP contribution in [0.5, 0.6) is 0 Å². The minimum Gasteiger partial charge on any atom is -0.481 e. The molecule has 0 aliphatic heterocycles. The number of nitrogens with zero attached hydrogens (tertiary/aromatic N) is 1. The highest BCUT2D eigenvalue weighted by Crippen LogP contribution is 2.11. The summed E-state index contributed by atoms with van der Waals surface area (Å²) in [6, 6.07) is 5.95. The molecule has 1 aromatic carbocycles. The molecule has 1 rings (SSSR count). The van der Waals surface area contributed by atoms with Crippen molar-refractivity contribution in [3.63, 3.8) is 0 Å². The number of benzene rings is 1. The van der Waals surface area contributed by atoms with E-state index in [1.54, 1.807) is 26.1 Å². The van der Waals surface area contributed by atoms with E-state index in [0.717, 1.165) is 5.56 Å². The number of carbonyl (C=O) groups is 2. The Kier molecular flexibility index (Phi) is 5.48. The number of amides is 1. The third kappa shape index (κ3) is 5.50. The lowest BCUT2D eigenvalue weighted by Gasteiger charge is -2.19. The quantitative estimate of drug-likeness (QED) is 0.860. The molecule has 0 bridgehead atoms. The monoisotopic (exact) mass is 267 g/mol. The van der Waals surface area contributed by atoms with Crippen molar-refractivity contribution in [3.8, 4) is 0 Å². The van der Waals surface area contributed by atoms with E-state index in [-0.39, 0.29) is 30.5 Å². The fourth-order valence-electron chi connectivity index (χ4n) is 1.78. The molecule has 0 saturated heterocycles. The molecule has 0 aliphatic rings. The number of hydrogen-bond acceptors (Lipinski definition) is 2. The van der Waals surface area contributed by atoms with Crippen molar-refractivity contribution in [2.24, 2.45) is 5.92 Å². The first-order valence-corrected chi connectivity index (χ1v) is 6.08. The number of carbonyl (C=O) groups excluding carboxylic acids is 1. The third-order valence-electron chi connectivity index (χ3n) is 2.80. The lowest BCUT2D eigenvalue weighted by atomic mass is 10.0. The normalized spacial score (nSPS) is 11.9. The van der Waals surface area contributed by atoms with Crippen LogP contribution in [0, 0.1) is 11.7 Å². The molecule has 1 atom stereocenters. The molecule has 0 fully saturated rings. The first-order chi connectivity index (χ1) is 8.88. The Balaban J connectivity index is 2.48. The topological polar surface area (TPSA) is 57.6 Å². The van der Waals surface area contributed by atoms with Crippen LogP contribution in [0.3, 0.4) is 0 Å². The van der Waals surface area contributed by atoms with Gasteiger partial charge in [0.15, 0.2) is 0 Å². The molecule has 1 N–H and O–H groups in total. The maximum atomic E-state index is 12.7. The molecular weight excluding hydrogens is 249 g/mol. The summed E-state index contributed by atoms with van der Waals surface area (Å²) < 4.78 is 12.7. The standard InChI is InChI=1S/C14H18FNO3/c1-10(8-14(18)19)7-13(17)16(2)9-11-3-5-12(15)6-4-11/h3-6,10H,7-9H2,1-2H3,(H,18,19). The number of carboxylic acid groups (broad SMARTS) is 1. The lowest BCUT2D eigenvalue weighted by molar-refractivity contribution is -0.138. The van der Waals surface area contributed by atoms with Gasteiger partial charge in [-0.1, -0.05) is 19.1 Å². The van der Waals surface area contributed by atoms with E-state index in [9.17, 15) is 14.0 Å². The molecule has 0 aromatic heterocycles. The second kappa shape index (κ2) is 6.87. The van der Waals surface area contributed by atoms with E-state index in [1.165, 1.54) is 17.0 Å². The molecule has 5 heteroatoms. The zero-order valence-corrected chi connectivity index (χ0v) is 11.1. The number of rotatable bonds is 6. The third-order valence-corrected chi connectivity index (χ3v) is 2.80. The molecule has 0 saturated carbocycles. The van der Waals surface area contributed by atoms with Crippen LogP contribution in [-0.2, 0) is 16.1 Å². The van der Waals surface area contributed by atoms with E-state index in [1.807, 2.05) is 0 Å². The maximum Gasteiger partial charge on any atom is 0.303 e. The molecule has 0 aliphatic carbocycles. The van der Waals surface area contributed by atoms with Crippen molar-refractivity contribution in [2.75, 3.05) is 7.05 Å². The van der Waals surface area contributed by atoms with Gasteiger partial charge in [0.25, 0.3) is 0 Å². The SMILES string of the molecule is CC(CC(=O)O)CC(=O)N(C)Cc1ccc(F)cc1. The van der Waals surface area contributed by atoms with Crippen molar-refractivity contribution in [1.29, 1.82) is 0 Å². The summed E-state index contributed by atoms with van der Waals surface area (Å²) in [6.07, 6.45) is 0.181. The molecule has 4 nitrogen and oxygen atoms in total. The van der Waals surface area contributed by atoms with Crippen LogP contribution in [0.4, 0.5) is 4.39 Å². The molecular formula is C14H18FNO3. The van der Waals surface area contributed by atoms with E-state index in [4.69, 9.17) is 5.11 Å². The first-order valence-electron chi connectivity index (χ1n) is 6.08. The second-order valence-electron chi connectivity index (χ2n) is 4.78. The lowest BCUT2D eigenvalue weighted by Crippen LogP contribution is -2.28. The Morgan fingerprint density at radius 2 is 1.84 bits per heavy atom. The van der Waals surface area contributed by atoms with Crippen molar-refractivity contribution in [1.82, 2.24) is 4.90 Å². The molecule has 104 valence electrons. The van der Waals surface area contributed by atoms with Crippen molar-refractivity contribution < 1.29 is 19.1 Å². The summed E-state index contributed by atoms with van der Waals surface area (Å²) in [5.74, 6) is -1.52. The number of carboxylic acids is 1. The Labute approximate surface area is 111 Å². The van der Waals surface area contributed by atoms with Crippen molar-refractivity contribution in [2.45, 2.75) is 26.3 Å². The molecule has 19 heavy (non-hydrogen) atoms. The predicted octanol–water partition coefficient (Wildman–Crippen LogP) is 2.29. The summed E-state index contributed by atoms with van der Waals surface area (Å²) in [5.41, 5.74) is 0.836. The van der Waals surface area contributed by atoms with Gasteiger partial charge in [-0.25, -0.2) is 4.39 Å². The zero-order chi connectivity index (χ0) is 14.4. The minimum atomic E-state index is -0.901. The van der Waals surface area contributed by atoms with Gasteiger partial charge < -0.3 is 10.0 Å². The van der Waals surface area contributed by atoms with Gasteiger partial charge in [-0.15, -0.1) is 0 Å². The van der Waals surface area contributed by atoms with Crippen molar-refractivity contribution in [3.05, 3.63) is 35.6 Å². The summed E-state index contributed by atoms with van der Waals surface area (Å²) >= 11 is 0. The Hall–Kier alpha value is -1.91. The van der Waals surface area contributed by atoms with Gasteiger partial charge in [0.1, 0.15) is 5.82 Å². The van der Waals surface area contributed by atoms with Gasteiger partial charge in [0, 0.05) is 26.4 Å². The van der Waals surface area contributed by atoms with Crippen LogP contribution in [0.1, 0.15) is 25.3 Å². The summed E-state index contributed by atoms with van der Waals surface area (Å²) in [5, 5.41) is 8.64. The average molecular weight is 267 g/mol. The number of hydrogen-bond donors (Lipinski definition) is 1. The molecule has 0 spiro atoms. The Bertz CT molecular complexity index is 445. The zero-order valence-electron chi connectivity index (χ0n) is 11.1. The first kappa shape index (κ1) is 15.1. The van der Waals surface area contributed by atoms with Gasteiger partial charge in [-0.05, 0) is 23.6 Å². The van der Waals surface area contributed by atoms with Gasteiger partial charge in [-0.3, -0.25) is 9.59 Å². The van der Waals surface area contributed by atoms with Crippen LogP contribution >= 0.6 is 0 Å². The fourth-order valence-corrected chi connectivity index (χ4v) is 1.78. The van der Waals surface area contributed by atoms with Gasteiger partial charge in [-0.2, -0.15) is 0 Å². The Morgan fingerprint density at radius 3 is 2.37 bits per heavy atom. The van der Waals surface area contributed by atoms with Crippen LogP contribution < -0.4 is 0 Å². The largest absolute Gasteiger partial charge is 0.481 e. The molecule has 1 amide bonds. The molecule has 1 unspecified atom stereocenters. The maximum absolute atomic E-state index is 12.7. The van der Waals surface area contributed by atoms with Gasteiger partial charge >= 0.3 is 5.97 Å². The minimum absolute atomic E-state index is 0.0177. The summed E-state index contributed by atoms with van der Waals surface area (Å²) in [6.45, 7) is 2.12. The van der Waals surface area contributed by atoms with Crippen LogP contribution in [0.2, 0.25) is 0 Å². The van der Waals surface area contributed by atoms with E-state index in [2.05, 4.69) is 0 Å². The van der Waals surface area contributed by atoms with Gasteiger partial charge in [0.05, 0.1) is 0 Å². The van der Waals surface area contributed by atoms with Gasteiger partial charge in [0.2, 0.25) is 5.91 Å². The van der Waals surface area contributed by atoms with Crippen molar-refractivity contribution >= 4 is 11.9 Å².